The van der Waals surface area contributed by atoms with Crippen LogP contribution in [0, 0.1) is 5.92 Å². The number of halogens is 1. The van der Waals surface area contributed by atoms with E-state index in [9.17, 15) is 4.79 Å². The van der Waals surface area contributed by atoms with Crippen LogP contribution in [-0.4, -0.2) is 43.9 Å². The second-order valence-corrected chi connectivity index (χ2v) is 5.00. The minimum atomic E-state index is -0.452. The minimum Gasteiger partial charge on any atom is -0.379 e. The molecule has 108 valence electrons. The maximum absolute atomic E-state index is 11.7. The van der Waals surface area contributed by atoms with Gasteiger partial charge in [0.1, 0.15) is 0 Å². The van der Waals surface area contributed by atoms with E-state index in [0.29, 0.717) is 13.2 Å². The average molecular weight is 281 g/mol. The molecule has 5 nitrogen and oxygen atoms in total. The van der Waals surface area contributed by atoms with Crippen LogP contribution in [0.3, 0.4) is 0 Å². The Kier molecular flexibility index (Phi) is 8.52. The Morgan fingerprint density at radius 2 is 2.17 bits per heavy atom. The summed E-state index contributed by atoms with van der Waals surface area (Å²) in [7, 11) is 0. The summed E-state index contributed by atoms with van der Waals surface area (Å²) in [6, 6.07) is -0.472. The lowest BCUT2D eigenvalue weighted by atomic mass is 10.0. The zero-order valence-corrected chi connectivity index (χ0v) is 12.2. The van der Waals surface area contributed by atoms with Crippen LogP contribution in [0.25, 0.3) is 0 Å². The summed E-state index contributed by atoms with van der Waals surface area (Å²) in [5.41, 5.74) is 5.75. The maximum atomic E-state index is 11.7. The number of nitrogens with one attached hydrogen (secondary N) is 1. The monoisotopic (exact) mass is 280 g/mol. The summed E-state index contributed by atoms with van der Waals surface area (Å²) >= 11 is 0. The molecule has 0 aliphatic carbocycles. The van der Waals surface area contributed by atoms with Crippen molar-refractivity contribution in [3.05, 3.63) is 0 Å². The number of amides is 1. The van der Waals surface area contributed by atoms with Gasteiger partial charge in [-0.1, -0.05) is 13.8 Å². The molecule has 0 aromatic carbocycles. The van der Waals surface area contributed by atoms with Crippen LogP contribution in [0.15, 0.2) is 0 Å². The highest BCUT2D eigenvalue weighted by molar-refractivity contribution is 5.85. The predicted octanol–water partition coefficient (Wildman–Crippen LogP) is 0.702. The summed E-state index contributed by atoms with van der Waals surface area (Å²) in [6.07, 6.45) is 1.11. The fourth-order valence-electron chi connectivity index (χ4n) is 1.61. The third-order valence-corrected chi connectivity index (χ3v) is 2.88. The first-order valence-electron chi connectivity index (χ1n) is 6.26. The van der Waals surface area contributed by atoms with E-state index in [2.05, 4.69) is 5.32 Å². The smallest absolute Gasteiger partial charge is 0.237 e. The summed E-state index contributed by atoms with van der Waals surface area (Å²) < 4.78 is 10.8. The molecular weight excluding hydrogens is 256 g/mol. The molecule has 1 aliphatic heterocycles. The van der Waals surface area contributed by atoms with Crippen LogP contribution in [0.1, 0.15) is 27.2 Å². The molecule has 2 unspecified atom stereocenters. The number of rotatable bonds is 6. The van der Waals surface area contributed by atoms with Crippen LogP contribution in [-0.2, 0) is 14.3 Å². The highest BCUT2D eigenvalue weighted by atomic mass is 35.5. The van der Waals surface area contributed by atoms with Gasteiger partial charge in [0.2, 0.25) is 5.91 Å². The average Bonchev–Trinajstić information content (AvgIpc) is 2.77. The summed E-state index contributed by atoms with van der Waals surface area (Å²) in [6.45, 7) is 7.71. The van der Waals surface area contributed by atoms with Crippen molar-refractivity contribution in [3.8, 4) is 0 Å². The van der Waals surface area contributed by atoms with Crippen molar-refractivity contribution in [1.29, 1.82) is 0 Å². The van der Waals surface area contributed by atoms with Gasteiger partial charge in [-0.3, -0.25) is 4.79 Å². The molecule has 1 rings (SSSR count). The highest BCUT2D eigenvalue weighted by Gasteiger charge is 2.20. The highest BCUT2D eigenvalue weighted by Crippen LogP contribution is 2.08. The lowest BCUT2D eigenvalue weighted by Crippen LogP contribution is -2.48. The molecule has 3 atom stereocenters. The van der Waals surface area contributed by atoms with E-state index in [0.717, 1.165) is 13.0 Å². The van der Waals surface area contributed by atoms with Gasteiger partial charge >= 0.3 is 0 Å². The topological polar surface area (TPSA) is 73.6 Å². The first-order valence-corrected chi connectivity index (χ1v) is 6.26. The summed E-state index contributed by atoms with van der Waals surface area (Å²) in [5, 5.41) is 2.86. The second kappa shape index (κ2) is 8.69. The lowest BCUT2D eigenvalue weighted by molar-refractivity contribution is -0.124. The molecule has 1 fully saturated rings. The van der Waals surface area contributed by atoms with Gasteiger partial charge < -0.3 is 20.5 Å². The molecule has 3 N–H and O–H groups in total. The van der Waals surface area contributed by atoms with E-state index < -0.39 is 6.04 Å². The molecule has 0 aromatic rings. The number of hydrogen-bond acceptors (Lipinski definition) is 4. The Morgan fingerprint density at radius 3 is 2.67 bits per heavy atom. The zero-order chi connectivity index (χ0) is 12.8. The van der Waals surface area contributed by atoms with E-state index in [1.807, 2.05) is 20.8 Å². The minimum absolute atomic E-state index is 0. The van der Waals surface area contributed by atoms with E-state index in [4.69, 9.17) is 15.2 Å². The molecular formula is C12H25ClN2O3. The Labute approximate surface area is 115 Å². The normalized spacial score (nSPS) is 22.4. The SMILES string of the molecule is CC(COC1CCOC1)NC(=O)[C@@H](N)C(C)C.Cl. The van der Waals surface area contributed by atoms with Crippen molar-refractivity contribution in [2.45, 2.75) is 45.4 Å². The van der Waals surface area contributed by atoms with Gasteiger partial charge in [0.05, 0.1) is 25.4 Å². The lowest BCUT2D eigenvalue weighted by Gasteiger charge is -2.20. The molecule has 6 heteroatoms. The quantitative estimate of drug-likeness (QED) is 0.751. The van der Waals surface area contributed by atoms with Crippen molar-refractivity contribution in [3.63, 3.8) is 0 Å². The molecule has 1 heterocycles. The molecule has 0 radical (unpaired) electrons. The van der Waals surface area contributed by atoms with Crippen LogP contribution < -0.4 is 11.1 Å². The predicted molar refractivity (Wildman–Crippen MR) is 72.8 cm³/mol. The first kappa shape index (κ1) is 17.6. The summed E-state index contributed by atoms with van der Waals surface area (Å²) in [5.74, 6) is 0.0325. The molecule has 1 saturated heterocycles. The Morgan fingerprint density at radius 1 is 1.50 bits per heavy atom. The van der Waals surface area contributed by atoms with Crippen molar-refractivity contribution >= 4 is 18.3 Å². The van der Waals surface area contributed by atoms with Gasteiger partial charge in [0.15, 0.2) is 0 Å². The fraction of sp³-hybridized carbons (Fsp3) is 0.917. The molecule has 0 saturated carbocycles. The van der Waals surface area contributed by atoms with Crippen molar-refractivity contribution in [1.82, 2.24) is 5.32 Å². The van der Waals surface area contributed by atoms with Crippen molar-refractivity contribution < 1.29 is 14.3 Å². The van der Waals surface area contributed by atoms with E-state index in [-0.39, 0.29) is 36.4 Å². The number of hydrogen-bond donors (Lipinski definition) is 2. The zero-order valence-electron chi connectivity index (χ0n) is 11.3. The number of ether oxygens (including phenoxy) is 2. The van der Waals surface area contributed by atoms with E-state index in [1.54, 1.807) is 0 Å². The molecule has 1 amide bonds. The number of carbonyl (C=O) groups is 1. The van der Waals surface area contributed by atoms with Crippen molar-refractivity contribution in [2.24, 2.45) is 11.7 Å². The fourth-order valence-corrected chi connectivity index (χ4v) is 1.61. The molecule has 0 spiro atoms. The van der Waals surface area contributed by atoms with Gasteiger partial charge in [-0.05, 0) is 19.3 Å². The van der Waals surface area contributed by atoms with Gasteiger partial charge in [0.25, 0.3) is 0 Å². The summed E-state index contributed by atoms with van der Waals surface area (Å²) in [4.78, 5) is 11.7. The van der Waals surface area contributed by atoms with Crippen LogP contribution >= 0.6 is 12.4 Å². The van der Waals surface area contributed by atoms with Gasteiger partial charge in [-0.15, -0.1) is 12.4 Å². The standard InChI is InChI=1S/C12H24N2O3.ClH/c1-8(2)11(13)12(15)14-9(3)6-17-10-4-5-16-7-10;/h8-11H,4-7,13H2,1-3H3,(H,14,15);1H/t9?,10?,11-;/m0./s1. The van der Waals surface area contributed by atoms with Crippen molar-refractivity contribution in [2.75, 3.05) is 19.8 Å². The third kappa shape index (κ3) is 6.00. The largest absolute Gasteiger partial charge is 0.379 e. The molecule has 1 aliphatic rings. The number of nitrogens with two attached hydrogens (primary N) is 1. The Bertz CT molecular complexity index is 245. The molecule has 18 heavy (non-hydrogen) atoms. The van der Waals surface area contributed by atoms with E-state index >= 15 is 0 Å². The van der Waals surface area contributed by atoms with Gasteiger partial charge in [-0.25, -0.2) is 0 Å². The maximum Gasteiger partial charge on any atom is 0.237 e. The molecule has 0 bridgehead atoms. The van der Waals surface area contributed by atoms with Crippen LogP contribution in [0.4, 0.5) is 0 Å². The van der Waals surface area contributed by atoms with Crippen LogP contribution in [0.2, 0.25) is 0 Å². The van der Waals surface area contributed by atoms with E-state index in [1.165, 1.54) is 0 Å². The number of carbonyl (C=O) groups excluding carboxylic acids is 1. The second-order valence-electron chi connectivity index (χ2n) is 5.00. The molecule has 0 aromatic heterocycles. The van der Waals surface area contributed by atoms with Gasteiger partial charge in [-0.2, -0.15) is 0 Å². The first-order chi connectivity index (χ1) is 8.00. The Balaban J connectivity index is 0.00000289. The third-order valence-electron chi connectivity index (χ3n) is 2.88. The van der Waals surface area contributed by atoms with Crippen LogP contribution in [0.5, 0.6) is 0 Å². The Hall–Kier alpha value is -0.360. The van der Waals surface area contributed by atoms with Gasteiger partial charge in [0, 0.05) is 12.6 Å².